The number of aromatic amines is 1. The molecule has 1 aliphatic carbocycles. The van der Waals surface area contributed by atoms with Crippen LogP contribution in [0, 0.1) is 6.92 Å². The summed E-state index contributed by atoms with van der Waals surface area (Å²) in [6.07, 6.45) is 4.26. The third-order valence-electron chi connectivity index (χ3n) is 3.07. The lowest BCUT2D eigenvalue weighted by molar-refractivity contribution is 0.0916. The zero-order valence-corrected chi connectivity index (χ0v) is 9.49. The van der Waals surface area contributed by atoms with Gasteiger partial charge in [-0.3, -0.25) is 9.89 Å². The first kappa shape index (κ1) is 11.1. The highest BCUT2D eigenvalue weighted by Gasteiger charge is 2.24. The fourth-order valence-electron chi connectivity index (χ4n) is 2.12. The van der Waals surface area contributed by atoms with Crippen LogP contribution in [-0.2, 0) is 0 Å². The van der Waals surface area contributed by atoms with Gasteiger partial charge in [-0.1, -0.05) is 12.8 Å². The highest BCUT2D eigenvalue weighted by atomic mass is 16.2. The summed E-state index contributed by atoms with van der Waals surface area (Å²) >= 11 is 0. The zero-order chi connectivity index (χ0) is 11.5. The van der Waals surface area contributed by atoms with Gasteiger partial charge >= 0.3 is 0 Å². The van der Waals surface area contributed by atoms with Crippen LogP contribution in [0.2, 0.25) is 0 Å². The Morgan fingerprint density at radius 3 is 2.94 bits per heavy atom. The minimum absolute atomic E-state index is 0.0812. The Morgan fingerprint density at radius 2 is 2.31 bits per heavy atom. The van der Waals surface area contributed by atoms with Gasteiger partial charge < -0.3 is 11.1 Å². The molecule has 2 atom stereocenters. The highest BCUT2D eigenvalue weighted by molar-refractivity contribution is 5.92. The van der Waals surface area contributed by atoms with E-state index in [0.29, 0.717) is 5.69 Å². The molecule has 0 bridgehead atoms. The molecule has 0 radical (unpaired) electrons. The van der Waals surface area contributed by atoms with E-state index in [0.717, 1.165) is 31.4 Å². The molecule has 0 aromatic carbocycles. The van der Waals surface area contributed by atoms with Gasteiger partial charge in [0.15, 0.2) is 0 Å². The lowest BCUT2D eigenvalue weighted by atomic mass is 9.91. The van der Waals surface area contributed by atoms with E-state index in [-0.39, 0.29) is 18.0 Å². The summed E-state index contributed by atoms with van der Waals surface area (Å²) in [4.78, 5) is 11.8. The predicted molar refractivity (Wildman–Crippen MR) is 61.0 cm³/mol. The molecule has 0 aliphatic heterocycles. The molecule has 2 rings (SSSR count). The van der Waals surface area contributed by atoms with Gasteiger partial charge in [0.2, 0.25) is 0 Å². The van der Waals surface area contributed by atoms with Crippen LogP contribution in [0.4, 0.5) is 0 Å². The summed E-state index contributed by atoms with van der Waals surface area (Å²) in [5.41, 5.74) is 7.29. The largest absolute Gasteiger partial charge is 0.346 e. The molecule has 5 heteroatoms. The van der Waals surface area contributed by atoms with E-state index in [2.05, 4.69) is 15.5 Å². The molecule has 16 heavy (non-hydrogen) atoms. The first-order chi connectivity index (χ1) is 7.66. The minimum Gasteiger partial charge on any atom is -0.346 e. The number of aromatic nitrogens is 2. The molecule has 0 unspecified atom stereocenters. The van der Waals surface area contributed by atoms with Crippen LogP contribution in [0.1, 0.15) is 41.9 Å². The summed E-state index contributed by atoms with van der Waals surface area (Å²) in [7, 11) is 0. The molecule has 1 saturated carbocycles. The molecule has 5 nitrogen and oxygen atoms in total. The van der Waals surface area contributed by atoms with E-state index < -0.39 is 0 Å². The normalized spacial score (nSPS) is 25.4. The maximum atomic E-state index is 11.8. The fourth-order valence-corrected chi connectivity index (χ4v) is 2.12. The first-order valence-electron chi connectivity index (χ1n) is 5.75. The van der Waals surface area contributed by atoms with E-state index in [1.807, 2.05) is 6.92 Å². The molecule has 1 heterocycles. The molecule has 88 valence electrons. The van der Waals surface area contributed by atoms with Gasteiger partial charge in [0, 0.05) is 17.8 Å². The lowest BCUT2D eigenvalue weighted by Gasteiger charge is -2.28. The summed E-state index contributed by atoms with van der Waals surface area (Å²) < 4.78 is 0. The molecule has 1 aliphatic rings. The number of nitrogens with zero attached hydrogens (tertiary/aromatic N) is 1. The minimum atomic E-state index is -0.133. The van der Waals surface area contributed by atoms with Crippen molar-refractivity contribution in [1.29, 1.82) is 0 Å². The summed E-state index contributed by atoms with van der Waals surface area (Å²) in [5, 5.41) is 9.64. The van der Waals surface area contributed by atoms with Crippen LogP contribution >= 0.6 is 0 Å². The highest BCUT2D eigenvalue weighted by Crippen LogP contribution is 2.17. The van der Waals surface area contributed by atoms with Gasteiger partial charge in [-0.2, -0.15) is 5.10 Å². The average Bonchev–Trinajstić information content (AvgIpc) is 2.68. The average molecular weight is 222 g/mol. The molecule has 1 aromatic rings. The van der Waals surface area contributed by atoms with Crippen molar-refractivity contribution in [2.24, 2.45) is 5.73 Å². The first-order valence-corrected chi connectivity index (χ1v) is 5.75. The Balaban J connectivity index is 1.96. The summed E-state index contributed by atoms with van der Waals surface area (Å²) in [5.74, 6) is -0.133. The van der Waals surface area contributed by atoms with Crippen LogP contribution in [0.25, 0.3) is 0 Å². The second-order valence-electron chi connectivity index (χ2n) is 4.46. The molecule has 0 spiro atoms. The second-order valence-corrected chi connectivity index (χ2v) is 4.46. The number of H-pyrrole nitrogens is 1. The van der Waals surface area contributed by atoms with Crippen LogP contribution in [0.3, 0.4) is 0 Å². The van der Waals surface area contributed by atoms with Crippen LogP contribution in [0.5, 0.6) is 0 Å². The molecular weight excluding hydrogens is 204 g/mol. The van der Waals surface area contributed by atoms with Crippen LogP contribution in [-0.4, -0.2) is 28.2 Å². The molecule has 1 amide bonds. The van der Waals surface area contributed by atoms with Crippen molar-refractivity contribution in [2.75, 3.05) is 0 Å². The number of hydrogen-bond acceptors (Lipinski definition) is 3. The SMILES string of the molecule is Cc1cc(C(=O)N[C@@H]2CCCC[C@H]2N)n[nH]1. The van der Waals surface area contributed by atoms with E-state index in [1.165, 1.54) is 0 Å². The molecule has 0 saturated heterocycles. The fraction of sp³-hybridized carbons (Fsp3) is 0.636. The number of carbonyl (C=O) groups is 1. The number of carbonyl (C=O) groups excluding carboxylic acids is 1. The van der Waals surface area contributed by atoms with E-state index >= 15 is 0 Å². The number of nitrogens with two attached hydrogens (primary N) is 1. The van der Waals surface area contributed by atoms with Gasteiger partial charge in [-0.05, 0) is 25.8 Å². The van der Waals surface area contributed by atoms with E-state index in [9.17, 15) is 4.79 Å². The van der Waals surface area contributed by atoms with Crippen molar-refractivity contribution in [2.45, 2.75) is 44.7 Å². The standard InChI is InChI=1S/C11H18N4O/c1-7-6-10(15-14-7)11(16)13-9-5-3-2-4-8(9)12/h6,8-9H,2-5,12H2,1H3,(H,13,16)(H,14,15)/t8-,9-/m1/s1. The van der Waals surface area contributed by atoms with Crippen molar-refractivity contribution in [3.05, 3.63) is 17.5 Å². The number of aryl methyl sites for hydroxylation is 1. The van der Waals surface area contributed by atoms with Crippen molar-refractivity contribution >= 4 is 5.91 Å². The molecule has 1 fully saturated rings. The topological polar surface area (TPSA) is 83.8 Å². The Bertz CT molecular complexity index is 374. The van der Waals surface area contributed by atoms with Crippen LogP contribution < -0.4 is 11.1 Å². The Labute approximate surface area is 94.8 Å². The summed E-state index contributed by atoms with van der Waals surface area (Å²) in [6, 6.07) is 1.92. The van der Waals surface area contributed by atoms with Gasteiger partial charge in [-0.25, -0.2) is 0 Å². The van der Waals surface area contributed by atoms with Crippen LogP contribution in [0.15, 0.2) is 6.07 Å². The number of hydrogen-bond donors (Lipinski definition) is 3. The Hall–Kier alpha value is -1.36. The van der Waals surface area contributed by atoms with Crippen molar-refractivity contribution in [3.8, 4) is 0 Å². The maximum Gasteiger partial charge on any atom is 0.272 e. The second kappa shape index (κ2) is 4.65. The monoisotopic (exact) mass is 222 g/mol. The smallest absolute Gasteiger partial charge is 0.272 e. The Morgan fingerprint density at radius 1 is 1.56 bits per heavy atom. The van der Waals surface area contributed by atoms with Crippen molar-refractivity contribution in [3.63, 3.8) is 0 Å². The number of nitrogens with one attached hydrogen (secondary N) is 2. The van der Waals surface area contributed by atoms with Gasteiger partial charge in [0.1, 0.15) is 5.69 Å². The van der Waals surface area contributed by atoms with Crippen molar-refractivity contribution < 1.29 is 4.79 Å². The molecule has 1 aromatic heterocycles. The third kappa shape index (κ3) is 2.41. The molecule has 4 N–H and O–H groups in total. The van der Waals surface area contributed by atoms with Gasteiger partial charge in [0.05, 0.1) is 0 Å². The Kier molecular flexibility index (Phi) is 3.24. The van der Waals surface area contributed by atoms with Gasteiger partial charge in [0.25, 0.3) is 5.91 Å². The zero-order valence-electron chi connectivity index (χ0n) is 9.49. The van der Waals surface area contributed by atoms with Crippen molar-refractivity contribution in [1.82, 2.24) is 15.5 Å². The number of amides is 1. The number of rotatable bonds is 2. The lowest BCUT2D eigenvalue weighted by Crippen LogP contribution is -2.49. The molecular formula is C11H18N4O. The van der Waals surface area contributed by atoms with E-state index in [1.54, 1.807) is 6.07 Å². The van der Waals surface area contributed by atoms with E-state index in [4.69, 9.17) is 5.73 Å². The predicted octanol–water partition coefficient (Wildman–Crippen LogP) is 0.718. The summed E-state index contributed by atoms with van der Waals surface area (Å²) in [6.45, 7) is 1.87. The third-order valence-corrected chi connectivity index (χ3v) is 3.07. The van der Waals surface area contributed by atoms with Gasteiger partial charge in [-0.15, -0.1) is 0 Å². The maximum absolute atomic E-state index is 11.8. The quantitative estimate of drug-likeness (QED) is 0.689.